The van der Waals surface area contributed by atoms with Crippen molar-refractivity contribution in [2.24, 2.45) is 0 Å². The summed E-state index contributed by atoms with van der Waals surface area (Å²) in [7, 11) is -3.79. The van der Waals surface area contributed by atoms with Crippen LogP contribution in [0.3, 0.4) is 0 Å². The van der Waals surface area contributed by atoms with Gasteiger partial charge in [-0.25, -0.2) is 4.57 Å². The lowest BCUT2D eigenvalue weighted by molar-refractivity contribution is 0.145. The molecule has 0 aromatic heterocycles. The average Bonchev–Trinajstić information content (AvgIpc) is 2.28. The molecule has 0 aliphatic rings. The van der Waals surface area contributed by atoms with E-state index in [0.717, 1.165) is 47.4 Å². The van der Waals surface area contributed by atoms with Crippen LogP contribution in [0.2, 0.25) is 0 Å². The highest BCUT2D eigenvalue weighted by Crippen LogP contribution is 2.43. The molecule has 0 heterocycles. The summed E-state index contributed by atoms with van der Waals surface area (Å²) in [5.74, 6) is 0. The SMILES string of the molecule is O=P(O)(OCCCCCI)OCCCCCI. The minimum absolute atomic E-state index is 0.304. The van der Waals surface area contributed by atoms with E-state index in [1.54, 1.807) is 0 Å². The Bertz CT molecular complexity index is 198. The van der Waals surface area contributed by atoms with Crippen molar-refractivity contribution in [1.82, 2.24) is 0 Å². The van der Waals surface area contributed by atoms with Crippen molar-refractivity contribution in [3.05, 3.63) is 0 Å². The Labute approximate surface area is 131 Å². The largest absolute Gasteiger partial charge is 0.472 e. The molecule has 0 aromatic rings. The summed E-state index contributed by atoms with van der Waals surface area (Å²) in [6.07, 6.45) is 5.92. The summed E-state index contributed by atoms with van der Waals surface area (Å²) in [5.41, 5.74) is 0. The van der Waals surface area contributed by atoms with Gasteiger partial charge in [0.1, 0.15) is 0 Å². The third kappa shape index (κ3) is 13.8. The summed E-state index contributed by atoms with van der Waals surface area (Å²) < 4.78 is 23.3. The summed E-state index contributed by atoms with van der Waals surface area (Å²) in [6, 6.07) is 0. The van der Waals surface area contributed by atoms with Crippen molar-refractivity contribution >= 4 is 53.0 Å². The van der Waals surface area contributed by atoms with E-state index < -0.39 is 7.82 Å². The van der Waals surface area contributed by atoms with E-state index in [4.69, 9.17) is 9.05 Å². The lowest BCUT2D eigenvalue weighted by Crippen LogP contribution is -1.99. The van der Waals surface area contributed by atoms with Crippen LogP contribution in [0.15, 0.2) is 0 Å². The molecule has 0 radical (unpaired) electrons. The van der Waals surface area contributed by atoms with Gasteiger partial charge >= 0.3 is 7.82 Å². The molecule has 0 unspecified atom stereocenters. The third-order valence-electron chi connectivity index (χ3n) is 2.06. The average molecular weight is 490 g/mol. The van der Waals surface area contributed by atoms with Gasteiger partial charge in [0, 0.05) is 0 Å². The standard InChI is InChI=1S/C10H21I2O4P/c11-7-3-1-5-9-15-17(13,14)16-10-6-2-4-8-12/h1-10H2,(H,13,14). The molecule has 104 valence electrons. The second-order valence-electron chi connectivity index (χ2n) is 3.63. The molecule has 0 aromatic carbocycles. The highest BCUT2D eigenvalue weighted by Gasteiger charge is 2.19. The van der Waals surface area contributed by atoms with Crippen molar-refractivity contribution in [2.75, 3.05) is 22.1 Å². The van der Waals surface area contributed by atoms with E-state index in [1.165, 1.54) is 0 Å². The molecule has 0 saturated heterocycles. The van der Waals surface area contributed by atoms with Gasteiger partial charge in [0.05, 0.1) is 13.2 Å². The van der Waals surface area contributed by atoms with Gasteiger partial charge < -0.3 is 4.89 Å². The number of hydrogen-bond acceptors (Lipinski definition) is 3. The van der Waals surface area contributed by atoms with Gasteiger partial charge in [0.2, 0.25) is 0 Å². The lowest BCUT2D eigenvalue weighted by Gasteiger charge is -2.11. The fourth-order valence-electron chi connectivity index (χ4n) is 1.14. The second kappa shape index (κ2) is 12.6. The maximum absolute atomic E-state index is 11.4. The first-order valence-electron chi connectivity index (χ1n) is 5.86. The second-order valence-corrected chi connectivity index (χ2v) is 7.25. The molecule has 0 atom stereocenters. The molecular weight excluding hydrogens is 469 g/mol. The number of phosphoric ester groups is 1. The van der Waals surface area contributed by atoms with E-state index in [1.807, 2.05) is 0 Å². The summed E-state index contributed by atoms with van der Waals surface area (Å²) in [4.78, 5) is 9.34. The van der Waals surface area contributed by atoms with Gasteiger partial charge in [-0.15, -0.1) is 0 Å². The molecule has 1 N–H and O–H groups in total. The first-order chi connectivity index (χ1) is 8.12. The molecule has 17 heavy (non-hydrogen) atoms. The van der Waals surface area contributed by atoms with Gasteiger partial charge in [-0.3, -0.25) is 9.05 Å². The molecule has 0 spiro atoms. The van der Waals surface area contributed by atoms with Crippen molar-refractivity contribution in [3.8, 4) is 0 Å². The van der Waals surface area contributed by atoms with Crippen LogP contribution in [-0.4, -0.2) is 27.0 Å². The van der Waals surface area contributed by atoms with Crippen molar-refractivity contribution in [3.63, 3.8) is 0 Å². The van der Waals surface area contributed by atoms with Crippen LogP contribution in [0.4, 0.5) is 0 Å². The Kier molecular flexibility index (Phi) is 13.8. The summed E-state index contributed by atoms with van der Waals surface area (Å²) in [6.45, 7) is 0.607. The maximum atomic E-state index is 11.4. The molecule has 0 saturated carbocycles. The predicted octanol–water partition coefficient (Wildman–Crippen LogP) is 4.33. The molecule has 0 aliphatic heterocycles. The van der Waals surface area contributed by atoms with Gasteiger partial charge in [-0.1, -0.05) is 58.0 Å². The molecule has 0 aliphatic carbocycles. The van der Waals surface area contributed by atoms with Gasteiger partial charge in [-0.05, 0) is 34.5 Å². The highest BCUT2D eigenvalue weighted by molar-refractivity contribution is 14.1. The Morgan fingerprint density at radius 1 is 0.824 bits per heavy atom. The first kappa shape index (κ1) is 18.6. The number of hydrogen-bond donors (Lipinski definition) is 1. The predicted molar refractivity (Wildman–Crippen MR) is 87.2 cm³/mol. The van der Waals surface area contributed by atoms with Crippen LogP contribution in [0.5, 0.6) is 0 Å². The van der Waals surface area contributed by atoms with Crippen LogP contribution in [-0.2, 0) is 13.6 Å². The topological polar surface area (TPSA) is 55.8 Å². The van der Waals surface area contributed by atoms with Gasteiger partial charge in [0.25, 0.3) is 0 Å². The normalized spacial score (nSPS) is 11.9. The van der Waals surface area contributed by atoms with Crippen LogP contribution < -0.4 is 0 Å². The number of halogens is 2. The minimum atomic E-state index is -3.79. The number of alkyl halides is 2. The fourth-order valence-corrected chi connectivity index (χ4v) is 3.02. The number of phosphoric acid groups is 1. The zero-order chi connectivity index (χ0) is 13.0. The lowest BCUT2D eigenvalue weighted by atomic mass is 10.3. The van der Waals surface area contributed by atoms with E-state index >= 15 is 0 Å². The molecule has 0 rings (SSSR count). The molecular formula is C10H21I2O4P. The van der Waals surface area contributed by atoms with Gasteiger partial charge in [0.15, 0.2) is 0 Å². The molecule has 0 bridgehead atoms. The van der Waals surface area contributed by atoms with Crippen LogP contribution >= 0.6 is 53.0 Å². The quantitative estimate of drug-likeness (QED) is 0.192. The fraction of sp³-hybridized carbons (Fsp3) is 1.00. The number of rotatable bonds is 12. The summed E-state index contributed by atoms with van der Waals surface area (Å²) >= 11 is 4.63. The van der Waals surface area contributed by atoms with E-state index in [9.17, 15) is 9.46 Å². The molecule has 0 amide bonds. The van der Waals surface area contributed by atoms with E-state index in [0.29, 0.717) is 13.2 Å². The Hall–Kier alpha value is 1.57. The van der Waals surface area contributed by atoms with Crippen LogP contribution in [0.25, 0.3) is 0 Å². The zero-order valence-corrected chi connectivity index (χ0v) is 15.2. The number of unbranched alkanes of at least 4 members (excludes halogenated alkanes) is 4. The van der Waals surface area contributed by atoms with Crippen molar-refractivity contribution in [2.45, 2.75) is 38.5 Å². The zero-order valence-electron chi connectivity index (χ0n) is 9.95. The third-order valence-corrected chi connectivity index (χ3v) is 4.61. The Morgan fingerprint density at radius 3 is 1.59 bits per heavy atom. The molecule has 7 heteroatoms. The molecule has 0 fully saturated rings. The van der Waals surface area contributed by atoms with Crippen molar-refractivity contribution < 1.29 is 18.5 Å². The maximum Gasteiger partial charge on any atom is 0.472 e. The Morgan fingerprint density at radius 2 is 1.24 bits per heavy atom. The van der Waals surface area contributed by atoms with Crippen molar-refractivity contribution in [1.29, 1.82) is 0 Å². The van der Waals surface area contributed by atoms with E-state index in [2.05, 4.69) is 45.2 Å². The van der Waals surface area contributed by atoms with Crippen LogP contribution in [0, 0.1) is 0 Å². The first-order valence-corrected chi connectivity index (χ1v) is 10.4. The minimum Gasteiger partial charge on any atom is -0.302 e. The highest BCUT2D eigenvalue weighted by atomic mass is 127. The van der Waals surface area contributed by atoms with Crippen LogP contribution in [0.1, 0.15) is 38.5 Å². The summed E-state index contributed by atoms with van der Waals surface area (Å²) in [5, 5.41) is 0. The Balaban J connectivity index is 3.42. The van der Waals surface area contributed by atoms with Gasteiger partial charge in [-0.2, -0.15) is 0 Å². The van der Waals surface area contributed by atoms with E-state index in [-0.39, 0.29) is 0 Å². The smallest absolute Gasteiger partial charge is 0.302 e. The monoisotopic (exact) mass is 490 g/mol. The molecule has 4 nitrogen and oxygen atoms in total.